The normalized spacial score (nSPS) is 45.8. The van der Waals surface area contributed by atoms with E-state index < -0.39 is 39.2 Å². The van der Waals surface area contributed by atoms with Crippen LogP contribution in [0.5, 0.6) is 0 Å². The van der Waals surface area contributed by atoms with E-state index in [1.54, 1.807) is 0 Å². The van der Waals surface area contributed by atoms with Crippen molar-refractivity contribution in [2.45, 2.75) is 98.9 Å². The highest BCUT2D eigenvalue weighted by Crippen LogP contribution is 2.70. The van der Waals surface area contributed by atoms with Gasteiger partial charge in [0.05, 0.1) is 0 Å². The Hall–Kier alpha value is 0.700. The average molecular weight is 348 g/mol. The topological polar surface area (TPSA) is 80.9 Å². The van der Waals surface area contributed by atoms with Gasteiger partial charge in [0.15, 0.2) is 0 Å². The third-order valence-corrected chi connectivity index (χ3v) is 12.5. The fourth-order valence-corrected chi connectivity index (χ4v) is 11.9. The van der Waals surface area contributed by atoms with E-state index in [4.69, 9.17) is 0 Å². The molecule has 0 radical (unpaired) electrons. The van der Waals surface area contributed by atoms with Crippen LogP contribution in [0.1, 0.15) is 64.2 Å². The van der Waals surface area contributed by atoms with Crippen molar-refractivity contribution in [2.75, 3.05) is 0 Å². The predicted octanol–water partition coefficient (Wildman–Crippen LogP) is 2.90. The predicted molar refractivity (Wildman–Crippen MR) is 91.6 cm³/mol. The average Bonchev–Trinajstić information content (AvgIpc) is 2.55. The van der Waals surface area contributed by atoms with Gasteiger partial charge in [-0.1, -0.05) is 38.5 Å². The van der Waals surface area contributed by atoms with Gasteiger partial charge >= 0.3 is 0 Å². The molecule has 2 aliphatic carbocycles. The molecule has 4 unspecified atom stereocenters. The molecule has 3 aliphatic rings. The Morgan fingerprint density at radius 1 is 0.455 bits per heavy atom. The monoisotopic (exact) mass is 348 g/mol. The summed E-state index contributed by atoms with van der Waals surface area (Å²) in [6, 6.07) is 0. The van der Waals surface area contributed by atoms with E-state index in [0.29, 0.717) is 11.3 Å². The summed E-state index contributed by atoms with van der Waals surface area (Å²) in [5.74, 6) is -3.21. The maximum Gasteiger partial charge on any atom is 0.106 e. The minimum absolute atomic E-state index is 0.307. The molecule has 1 aliphatic heterocycles. The zero-order valence-electron chi connectivity index (χ0n) is 13.2. The number of rotatable bonds is 2. The van der Waals surface area contributed by atoms with Crippen LogP contribution in [0.15, 0.2) is 0 Å². The second kappa shape index (κ2) is 7.72. The SMILES string of the molecule is OC1C(O)P(C2CCCCC2)C(O)C(O)P1C1CCCCC1. The minimum Gasteiger partial charge on any atom is -0.385 e. The van der Waals surface area contributed by atoms with Gasteiger partial charge < -0.3 is 20.4 Å². The molecule has 0 bridgehead atoms. The molecule has 0 aromatic carbocycles. The van der Waals surface area contributed by atoms with Crippen LogP contribution in [-0.2, 0) is 0 Å². The van der Waals surface area contributed by atoms with E-state index in [0.717, 1.165) is 51.4 Å². The minimum atomic E-state index is -1.11. The van der Waals surface area contributed by atoms with Crippen LogP contribution in [0.3, 0.4) is 0 Å². The van der Waals surface area contributed by atoms with Crippen LogP contribution >= 0.6 is 15.8 Å². The highest BCUT2D eigenvalue weighted by atomic mass is 31.1. The Bertz CT molecular complexity index is 308. The van der Waals surface area contributed by atoms with Crippen molar-refractivity contribution < 1.29 is 20.4 Å². The highest BCUT2D eigenvalue weighted by molar-refractivity contribution is 7.67. The first-order valence-electron chi connectivity index (χ1n) is 8.88. The molecule has 4 atom stereocenters. The van der Waals surface area contributed by atoms with Crippen LogP contribution in [0.2, 0.25) is 0 Å². The molecule has 3 rings (SSSR count). The number of hydrogen-bond donors (Lipinski definition) is 4. The van der Waals surface area contributed by atoms with Crippen molar-refractivity contribution in [3.63, 3.8) is 0 Å². The fourth-order valence-electron chi connectivity index (χ4n) is 4.55. The standard InChI is InChI=1S/C16H30O4P2/c17-13-15(19)22(12-9-5-2-6-10-12)16(20)14(18)21(13)11-7-3-1-4-8-11/h11-20H,1-10H2. The molecule has 0 amide bonds. The Kier molecular flexibility index (Phi) is 6.15. The Balaban J connectivity index is 1.75. The van der Waals surface area contributed by atoms with Gasteiger partial charge in [0, 0.05) is 0 Å². The van der Waals surface area contributed by atoms with Crippen molar-refractivity contribution in [2.24, 2.45) is 0 Å². The molecule has 1 heterocycles. The molecule has 128 valence electrons. The zero-order chi connectivity index (χ0) is 15.7. The van der Waals surface area contributed by atoms with Gasteiger partial charge in [-0.05, 0) is 52.8 Å². The van der Waals surface area contributed by atoms with Crippen LogP contribution in [-0.4, -0.2) is 55.1 Å². The first kappa shape index (κ1) is 17.5. The van der Waals surface area contributed by atoms with Crippen molar-refractivity contribution in [1.82, 2.24) is 0 Å². The third-order valence-electron chi connectivity index (χ3n) is 5.75. The third kappa shape index (κ3) is 3.39. The second-order valence-corrected chi connectivity index (χ2v) is 12.5. The molecular formula is C16H30O4P2. The van der Waals surface area contributed by atoms with E-state index >= 15 is 0 Å². The van der Waals surface area contributed by atoms with E-state index in [1.165, 1.54) is 12.8 Å². The zero-order valence-corrected chi connectivity index (χ0v) is 15.0. The molecule has 6 heteroatoms. The molecule has 22 heavy (non-hydrogen) atoms. The van der Waals surface area contributed by atoms with Gasteiger partial charge in [-0.2, -0.15) is 0 Å². The van der Waals surface area contributed by atoms with Gasteiger partial charge in [-0.25, -0.2) is 0 Å². The highest BCUT2D eigenvalue weighted by Gasteiger charge is 2.52. The molecule has 0 aromatic heterocycles. The molecule has 0 aromatic rings. The van der Waals surface area contributed by atoms with Crippen molar-refractivity contribution in [3.05, 3.63) is 0 Å². The first-order chi connectivity index (χ1) is 10.6. The van der Waals surface area contributed by atoms with Gasteiger partial charge in [0.1, 0.15) is 23.4 Å². The molecular weight excluding hydrogens is 318 g/mol. The summed E-state index contributed by atoms with van der Waals surface area (Å²) < 4.78 is 0. The molecule has 1 saturated heterocycles. The fraction of sp³-hybridized carbons (Fsp3) is 1.00. The van der Waals surface area contributed by atoms with E-state index in [2.05, 4.69) is 0 Å². The second-order valence-electron chi connectivity index (χ2n) is 7.13. The molecule has 2 saturated carbocycles. The summed E-state index contributed by atoms with van der Waals surface area (Å²) >= 11 is 0. The summed E-state index contributed by atoms with van der Waals surface area (Å²) in [6.07, 6.45) is 11.2. The number of aliphatic hydroxyl groups excluding tert-OH is 4. The van der Waals surface area contributed by atoms with Gasteiger partial charge in [0.2, 0.25) is 0 Å². The summed E-state index contributed by atoms with van der Waals surface area (Å²) in [4.78, 5) is 0. The maximum absolute atomic E-state index is 10.7. The number of hydrogen-bond acceptors (Lipinski definition) is 4. The summed E-state index contributed by atoms with van der Waals surface area (Å²) in [5, 5.41) is 42.8. The van der Waals surface area contributed by atoms with Crippen molar-refractivity contribution >= 4 is 15.8 Å². The Labute approximate surface area is 135 Å². The van der Waals surface area contributed by atoms with E-state index in [1.807, 2.05) is 0 Å². The lowest BCUT2D eigenvalue weighted by atomic mass is 10.0. The van der Waals surface area contributed by atoms with Crippen molar-refractivity contribution in [3.8, 4) is 0 Å². The smallest absolute Gasteiger partial charge is 0.106 e. The van der Waals surface area contributed by atoms with Crippen LogP contribution in [0.25, 0.3) is 0 Å². The lowest BCUT2D eigenvalue weighted by molar-refractivity contribution is 0.0748. The quantitative estimate of drug-likeness (QED) is 0.579. The number of aliphatic hydroxyl groups is 4. The van der Waals surface area contributed by atoms with E-state index in [-0.39, 0.29) is 0 Å². The Morgan fingerprint density at radius 3 is 1.00 bits per heavy atom. The lowest BCUT2D eigenvalue weighted by Crippen LogP contribution is -2.45. The molecule has 0 spiro atoms. The van der Waals surface area contributed by atoms with Gasteiger partial charge in [-0.15, -0.1) is 0 Å². The molecule has 3 fully saturated rings. The summed E-state index contributed by atoms with van der Waals surface area (Å²) in [6.45, 7) is 0. The molecule has 4 nitrogen and oxygen atoms in total. The Morgan fingerprint density at radius 2 is 0.727 bits per heavy atom. The summed E-state index contributed by atoms with van der Waals surface area (Å²) in [7, 11) is -2.22. The largest absolute Gasteiger partial charge is 0.385 e. The van der Waals surface area contributed by atoms with Crippen LogP contribution < -0.4 is 0 Å². The summed E-state index contributed by atoms with van der Waals surface area (Å²) in [5.41, 5.74) is 0.614. The van der Waals surface area contributed by atoms with E-state index in [9.17, 15) is 20.4 Å². The van der Waals surface area contributed by atoms with Gasteiger partial charge in [-0.3, -0.25) is 0 Å². The van der Waals surface area contributed by atoms with Crippen molar-refractivity contribution in [1.29, 1.82) is 0 Å². The molecule has 4 N–H and O–H groups in total. The van der Waals surface area contributed by atoms with Gasteiger partial charge in [0.25, 0.3) is 0 Å². The first-order valence-corrected chi connectivity index (χ1v) is 12.0. The van der Waals surface area contributed by atoms with Crippen LogP contribution in [0.4, 0.5) is 0 Å². The maximum atomic E-state index is 10.7. The lowest BCUT2D eigenvalue weighted by Gasteiger charge is -2.50. The van der Waals surface area contributed by atoms with Crippen LogP contribution in [0, 0.1) is 0 Å².